The number of hydrogen-bond donors (Lipinski definition) is 1. The van der Waals surface area contributed by atoms with E-state index in [0.29, 0.717) is 19.0 Å². The smallest absolute Gasteiger partial charge is 0.254 e. The van der Waals surface area contributed by atoms with Gasteiger partial charge in [-0.3, -0.25) is 4.79 Å². The van der Waals surface area contributed by atoms with Crippen molar-refractivity contribution in [3.05, 3.63) is 65.0 Å². The van der Waals surface area contributed by atoms with Gasteiger partial charge >= 0.3 is 0 Å². The van der Waals surface area contributed by atoms with Gasteiger partial charge in [-0.2, -0.15) is 4.31 Å². The van der Waals surface area contributed by atoms with Crippen LogP contribution in [0.25, 0.3) is 0 Å². The number of halogens is 1. The highest BCUT2D eigenvalue weighted by Crippen LogP contribution is 2.24. The Balaban J connectivity index is 1.76. The number of benzene rings is 2. The highest BCUT2D eigenvalue weighted by Gasteiger charge is 2.29. The van der Waals surface area contributed by atoms with E-state index >= 15 is 0 Å². The minimum absolute atomic E-state index is 0.0519. The zero-order valence-corrected chi connectivity index (χ0v) is 16.9. The van der Waals surface area contributed by atoms with Gasteiger partial charge in [0, 0.05) is 19.6 Å². The molecule has 1 N–H and O–H groups in total. The third kappa shape index (κ3) is 4.59. The first kappa shape index (κ1) is 20.5. The maximum absolute atomic E-state index is 14.2. The van der Waals surface area contributed by atoms with Crippen LogP contribution in [0.4, 0.5) is 4.39 Å². The lowest BCUT2D eigenvalue weighted by Gasteiger charge is -2.29. The standard InChI is InChI=1S/C21H25FN2O3S/c1-15-3-5-17(6-4-15)14-23-21(25)19-13-18(7-8-20(19)22)28(26,27)24-11-9-16(2)10-12-24/h3-8,13,16H,9-12,14H2,1-2H3,(H,23,25). The number of amides is 1. The van der Waals surface area contributed by atoms with Gasteiger partial charge in [0.15, 0.2) is 0 Å². The van der Waals surface area contributed by atoms with E-state index in [-0.39, 0.29) is 17.0 Å². The number of sulfonamides is 1. The van der Waals surface area contributed by atoms with Crippen LogP contribution >= 0.6 is 0 Å². The lowest BCUT2D eigenvalue weighted by atomic mass is 10.0. The molecule has 2 aromatic rings. The largest absolute Gasteiger partial charge is 0.348 e. The molecule has 0 aliphatic carbocycles. The molecule has 3 rings (SSSR count). The predicted octanol–water partition coefficient (Wildman–Crippen LogP) is 3.48. The summed E-state index contributed by atoms with van der Waals surface area (Å²) in [6, 6.07) is 11.0. The highest BCUT2D eigenvalue weighted by molar-refractivity contribution is 7.89. The quantitative estimate of drug-likeness (QED) is 0.830. The zero-order chi connectivity index (χ0) is 20.3. The molecule has 28 heavy (non-hydrogen) atoms. The second-order valence-electron chi connectivity index (χ2n) is 7.40. The molecular weight excluding hydrogens is 379 g/mol. The van der Waals surface area contributed by atoms with E-state index in [2.05, 4.69) is 12.2 Å². The van der Waals surface area contributed by atoms with Crippen molar-refractivity contribution < 1.29 is 17.6 Å². The molecule has 0 aromatic heterocycles. The van der Waals surface area contributed by atoms with E-state index < -0.39 is 21.7 Å². The second-order valence-corrected chi connectivity index (χ2v) is 9.33. The normalized spacial score (nSPS) is 16.1. The molecule has 0 radical (unpaired) electrons. The molecule has 150 valence electrons. The fourth-order valence-electron chi connectivity index (χ4n) is 3.20. The Hall–Kier alpha value is -2.25. The Kier molecular flexibility index (Phi) is 6.15. The molecule has 1 heterocycles. The van der Waals surface area contributed by atoms with Crippen molar-refractivity contribution in [2.24, 2.45) is 5.92 Å². The number of hydrogen-bond acceptors (Lipinski definition) is 3. The molecule has 0 bridgehead atoms. The van der Waals surface area contributed by atoms with Gasteiger partial charge in [0.05, 0.1) is 10.5 Å². The molecule has 0 spiro atoms. The average molecular weight is 405 g/mol. The summed E-state index contributed by atoms with van der Waals surface area (Å²) in [5.74, 6) is -0.891. The van der Waals surface area contributed by atoms with Gasteiger partial charge in [0.25, 0.3) is 5.91 Å². The number of carbonyl (C=O) groups excluding carboxylic acids is 1. The predicted molar refractivity (Wildman–Crippen MR) is 106 cm³/mol. The topological polar surface area (TPSA) is 66.5 Å². The Morgan fingerprint density at radius 3 is 2.43 bits per heavy atom. The summed E-state index contributed by atoms with van der Waals surface area (Å²) >= 11 is 0. The van der Waals surface area contributed by atoms with Crippen molar-refractivity contribution in [2.45, 2.75) is 38.1 Å². The minimum Gasteiger partial charge on any atom is -0.348 e. The summed E-state index contributed by atoms with van der Waals surface area (Å²) in [6.45, 7) is 5.18. The van der Waals surface area contributed by atoms with E-state index in [1.165, 1.54) is 10.4 Å². The van der Waals surface area contributed by atoms with Crippen LogP contribution in [0.3, 0.4) is 0 Å². The van der Waals surface area contributed by atoms with Crippen molar-refractivity contribution in [1.82, 2.24) is 9.62 Å². The number of nitrogens with one attached hydrogen (secondary N) is 1. The molecule has 0 atom stereocenters. The number of rotatable bonds is 5. The van der Waals surface area contributed by atoms with Gasteiger partial charge in [-0.05, 0) is 49.4 Å². The van der Waals surface area contributed by atoms with Gasteiger partial charge in [-0.15, -0.1) is 0 Å². The molecule has 1 amide bonds. The van der Waals surface area contributed by atoms with Crippen molar-refractivity contribution in [3.8, 4) is 0 Å². The van der Waals surface area contributed by atoms with E-state index in [1.807, 2.05) is 31.2 Å². The van der Waals surface area contributed by atoms with E-state index in [1.54, 1.807) is 0 Å². The molecule has 7 heteroatoms. The maximum atomic E-state index is 14.2. The fraction of sp³-hybridized carbons (Fsp3) is 0.381. The van der Waals surface area contributed by atoms with Gasteiger partial charge in [0.1, 0.15) is 5.82 Å². The molecule has 1 fully saturated rings. The van der Waals surface area contributed by atoms with Gasteiger partial charge in [-0.25, -0.2) is 12.8 Å². The Bertz CT molecular complexity index is 950. The fourth-order valence-corrected chi connectivity index (χ4v) is 4.69. The van der Waals surface area contributed by atoms with Crippen molar-refractivity contribution >= 4 is 15.9 Å². The number of piperidine rings is 1. The van der Waals surface area contributed by atoms with Crippen LogP contribution in [-0.4, -0.2) is 31.7 Å². The first-order chi connectivity index (χ1) is 13.3. The van der Waals surface area contributed by atoms with Crippen LogP contribution in [0, 0.1) is 18.7 Å². The zero-order valence-electron chi connectivity index (χ0n) is 16.1. The molecule has 1 aliphatic heterocycles. The Labute approximate surface area is 165 Å². The summed E-state index contributed by atoms with van der Waals surface area (Å²) in [4.78, 5) is 12.4. The van der Waals surface area contributed by atoms with Crippen molar-refractivity contribution in [3.63, 3.8) is 0 Å². The van der Waals surface area contributed by atoms with Crippen LogP contribution in [0.2, 0.25) is 0 Å². The lowest BCUT2D eigenvalue weighted by Crippen LogP contribution is -2.38. The van der Waals surface area contributed by atoms with Crippen molar-refractivity contribution in [1.29, 1.82) is 0 Å². The first-order valence-corrected chi connectivity index (χ1v) is 10.8. The average Bonchev–Trinajstić information content (AvgIpc) is 2.68. The molecule has 1 aliphatic rings. The van der Waals surface area contributed by atoms with Crippen molar-refractivity contribution in [2.75, 3.05) is 13.1 Å². The maximum Gasteiger partial charge on any atom is 0.254 e. The molecule has 1 saturated heterocycles. The van der Waals surface area contributed by atoms with Gasteiger partial charge < -0.3 is 5.32 Å². The van der Waals surface area contributed by atoms with E-state index in [0.717, 1.165) is 36.1 Å². The highest BCUT2D eigenvalue weighted by atomic mass is 32.2. The van der Waals surface area contributed by atoms with Gasteiger partial charge in [-0.1, -0.05) is 36.8 Å². The molecule has 0 unspecified atom stereocenters. The molecular formula is C21H25FN2O3S. The summed E-state index contributed by atoms with van der Waals surface area (Å²) in [5.41, 5.74) is 1.72. The SMILES string of the molecule is Cc1ccc(CNC(=O)c2cc(S(=O)(=O)N3CCC(C)CC3)ccc2F)cc1. The van der Waals surface area contributed by atoms with Crippen LogP contribution < -0.4 is 5.32 Å². The van der Waals surface area contributed by atoms with Crippen LogP contribution in [0.5, 0.6) is 0 Å². The first-order valence-electron chi connectivity index (χ1n) is 9.41. The Morgan fingerprint density at radius 2 is 1.79 bits per heavy atom. The van der Waals surface area contributed by atoms with Crippen LogP contribution in [-0.2, 0) is 16.6 Å². The third-order valence-corrected chi connectivity index (χ3v) is 7.03. The Morgan fingerprint density at radius 1 is 1.14 bits per heavy atom. The second kappa shape index (κ2) is 8.41. The van der Waals surface area contributed by atoms with Crippen LogP contribution in [0.15, 0.2) is 47.4 Å². The number of carbonyl (C=O) groups is 1. The summed E-state index contributed by atoms with van der Waals surface area (Å²) < 4.78 is 41.3. The summed E-state index contributed by atoms with van der Waals surface area (Å²) in [6.07, 6.45) is 1.59. The van der Waals surface area contributed by atoms with E-state index in [4.69, 9.17) is 0 Å². The molecule has 5 nitrogen and oxygen atoms in total. The number of aryl methyl sites for hydroxylation is 1. The monoisotopic (exact) mass is 404 g/mol. The molecule has 2 aromatic carbocycles. The lowest BCUT2D eigenvalue weighted by molar-refractivity contribution is 0.0946. The van der Waals surface area contributed by atoms with Gasteiger partial charge in [0.2, 0.25) is 10.0 Å². The van der Waals surface area contributed by atoms with Crippen LogP contribution in [0.1, 0.15) is 41.3 Å². The van der Waals surface area contributed by atoms with E-state index in [9.17, 15) is 17.6 Å². The summed E-state index contributed by atoms with van der Waals surface area (Å²) in [7, 11) is -3.74. The summed E-state index contributed by atoms with van der Waals surface area (Å²) in [5, 5.41) is 2.65. The number of nitrogens with zero attached hydrogens (tertiary/aromatic N) is 1. The minimum atomic E-state index is -3.74. The molecule has 0 saturated carbocycles. The third-order valence-electron chi connectivity index (χ3n) is 5.14.